The molecule has 0 atom stereocenters. The third-order valence-electron chi connectivity index (χ3n) is 4.19. The zero-order valence-corrected chi connectivity index (χ0v) is 16.5. The molecule has 7 heteroatoms. The van der Waals surface area contributed by atoms with E-state index in [1.807, 2.05) is 37.3 Å². The smallest absolute Gasteiger partial charge is 0.253 e. The summed E-state index contributed by atoms with van der Waals surface area (Å²) >= 11 is 0. The lowest BCUT2D eigenvalue weighted by atomic mass is 10.1. The van der Waals surface area contributed by atoms with Gasteiger partial charge < -0.3 is 9.64 Å². The highest BCUT2D eigenvalue weighted by atomic mass is 32.2. The van der Waals surface area contributed by atoms with Crippen LogP contribution in [0, 0.1) is 0 Å². The molecule has 0 aliphatic carbocycles. The molecular formula is C20H26N2O4S. The number of sulfonamides is 1. The van der Waals surface area contributed by atoms with Gasteiger partial charge >= 0.3 is 0 Å². The normalized spacial score (nSPS) is 11.3. The van der Waals surface area contributed by atoms with Crippen LogP contribution in [-0.2, 0) is 21.2 Å². The van der Waals surface area contributed by atoms with Crippen LogP contribution < -0.4 is 4.72 Å². The minimum atomic E-state index is -3.60. The summed E-state index contributed by atoms with van der Waals surface area (Å²) in [6, 6.07) is 16.0. The second kappa shape index (κ2) is 10.2. The molecule has 0 saturated carbocycles. The van der Waals surface area contributed by atoms with Crippen molar-refractivity contribution < 1.29 is 17.9 Å². The van der Waals surface area contributed by atoms with E-state index in [-0.39, 0.29) is 17.3 Å². The van der Waals surface area contributed by atoms with E-state index in [4.69, 9.17) is 4.74 Å². The summed E-state index contributed by atoms with van der Waals surface area (Å²) in [5.74, 6) is -0.107. The van der Waals surface area contributed by atoms with Gasteiger partial charge in [0.2, 0.25) is 10.0 Å². The van der Waals surface area contributed by atoms with Crippen LogP contribution in [-0.4, -0.2) is 52.6 Å². The van der Waals surface area contributed by atoms with E-state index in [0.29, 0.717) is 25.3 Å². The highest BCUT2D eigenvalue weighted by Crippen LogP contribution is 2.13. The van der Waals surface area contributed by atoms with Gasteiger partial charge in [0.15, 0.2) is 0 Å². The molecule has 146 valence electrons. The quantitative estimate of drug-likeness (QED) is 0.632. The van der Waals surface area contributed by atoms with Gasteiger partial charge in [-0.1, -0.05) is 30.3 Å². The molecule has 0 saturated heterocycles. The van der Waals surface area contributed by atoms with Gasteiger partial charge in [0.25, 0.3) is 5.91 Å². The van der Waals surface area contributed by atoms with Crippen molar-refractivity contribution in [3.05, 3.63) is 65.7 Å². The molecule has 2 aromatic rings. The maximum Gasteiger partial charge on any atom is 0.253 e. The Labute approximate surface area is 161 Å². The number of carbonyl (C=O) groups excluding carboxylic acids is 1. The molecule has 0 aliphatic rings. The molecule has 27 heavy (non-hydrogen) atoms. The third kappa shape index (κ3) is 6.16. The predicted molar refractivity (Wildman–Crippen MR) is 105 cm³/mol. The first-order valence-corrected chi connectivity index (χ1v) is 10.4. The standard InChI is InChI=1S/C20H26N2O4S/c1-3-22(15-13-17-7-5-4-6-8-17)20(23)18-9-11-19(12-10-18)27(24,25)21-14-16-26-2/h4-12,21H,3,13-16H2,1-2H3. The molecule has 0 heterocycles. The average Bonchev–Trinajstić information content (AvgIpc) is 2.69. The van der Waals surface area contributed by atoms with E-state index >= 15 is 0 Å². The molecule has 0 fully saturated rings. The molecule has 0 bridgehead atoms. The van der Waals surface area contributed by atoms with Crippen LogP contribution in [0.15, 0.2) is 59.5 Å². The van der Waals surface area contributed by atoms with Gasteiger partial charge in [-0.2, -0.15) is 0 Å². The average molecular weight is 391 g/mol. The van der Waals surface area contributed by atoms with Gasteiger partial charge in [0, 0.05) is 32.3 Å². The van der Waals surface area contributed by atoms with E-state index in [0.717, 1.165) is 6.42 Å². The van der Waals surface area contributed by atoms with E-state index < -0.39 is 10.0 Å². The van der Waals surface area contributed by atoms with Gasteiger partial charge in [0.05, 0.1) is 11.5 Å². The number of hydrogen-bond donors (Lipinski definition) is 1. The van der Waals surface area contributed by atoms with Gasteiger partial charge in [0.1, 0.15) is 0 Å². The number of ether oxygens (including phenoxy) is 1. The Hall–Kier alpha value is -2.22. The fourth-order valence-electron chi connectivity index (χ4n) is 2.63. The third-order valence-corrected chi connectivity index (χ3v) is 5.67. The van der Waals surface area contributed by atoms with Crippen LogP contribution >= 0.6 is 0 Å². The lowest BCUT2D eigenvalue weighted by molar-refractivity contribution is 0.0766. The van der Waals surface area contributed by atoms with Crippen LogP contribution in [0.2, 0.25) is 0 Å². The van der Waals surface area contributed by atoms with Crippen molar-refractivity contribution in [1.29, 1.82) is 0 Å². The Morgan fingerprint density at radius 2 is 1.74 bits per heavy atom. The van der Waals surface area contributed by atoms with Crippen molar-refractivity contribution >= 4 is 15.9 Å². The Bertz CT molecular complexity index is 821. The molecule has 1 N–H and O–H groups in total. The molecule has 0 spiro atoms. The molecule has 0 aliphatic heterocycles. The highest BCUT2D eigenvalue weighted by molar-refractivity contribution is 7.89. The molecule has 2 rings (SSSR count). The van der Waals surface area contributed by atoms with Gasteiger partial charge in [-0.25, -0.2) is 13.1 Å². The van der Waals surface area contributed by atoms with E-state index in [1.54, 1.807) is 17.0 Å². The monoisotopic (exact) mass is 390 g/mol. The lowest BCUT2D eigenvalue weighted by Gasteiger charge is -2.21. The summed E-state index contributed by atoms with van der Waals surface area (Å²) in [5, 5.41) is 0. The van der Waals surface area contributed by atoms with Crippen molar-refractivity contribution in [2.45, 2.75) is 18.2 Å². The van der Waals surface area contributed by atoms with Crippen LogP contribution in [0.3, 0.4) is 0 Å². The fourth-order valence-corrected chi connectivity index (χ4v) is 3.65. The van der Waals surface area contributed by atoms with Gasteiger partial charge in [-0.15, -0.1) is 0 Å². The van der Waals surface area contributed by atoms with Crippen molar-refractivity contribution in [1.82, 2.24) is 9.62 Å². The fraction of sp³-hybridized carbons (Fsp3) is 0.350. The largest absolute Gasteiger partial charge is 0.383 e. The number of nitrogens with one attached hydrogen (secondary N) is 1. The van der Waals surface area contributed by atoms with Crippen LogP contribution in [0.4, 0.5) is 0 Å². The SMILES string of the molecule is CCN(CCc1ccccc1)C(=O)c1ccc(S(=O)(=O)NCCOC)cc1. The Morgan fingerprint density at radius 3 is 2.33 bits per heavy atom. The minimum absolute atomic E-state index is 0.107. The van der Waals surface area contributed by atoms with E-state index in [1.165, 1.54) is 24.8 Å². The summed E-state index contributed by atoms with van der Waals surface area (Å²) in [6.07, 6.45) is 0.774. The summed E-state index contributed by atoms with van der Waals surface area (Å²) in [4.78, 5) is 14.6. The second-order valence-corrected chi connectivity index (χ2v) is 7.80. The number of likely N-dealkylation sites (N-methyl/N-ethyl adjacent to an activating group) is 1. The van der Waals surface area contributed by atoms with Gasteiger partial charge in [-0.3, -0.25) is 4.79 Å². The number of carbonyl (C=O) groups is 1. The minimum Gasteiger partial charge on any atom is -0.383 e. The number of rotatable bonds is 10. The molecule has 2 aromatic carbocycles. The predicted octanol–water partition coefficient (Wildman–Crippen LogP) is 2.32. The number of amides is 1. The van der Waals surface area contributed by atoms with Crippen molar-refractivity contribution in [3.8, 4) is 0 Å². The Morgan fingerprint density at radius 1 is 1.07 bits per heavy atom. The summed E-state index contributed by atoms with van der Waals surface area (Å²) in [6.45, 7) is 3.62. The first-order valence-electron chi connectivity index (χ1n) is 8.89. The summed E-state index contributed by atoms with van der Waals surface area (Å²) in [5.41, 5.74) is 1.65. The number of hydrogen-bond acceptors (Lipinski definition) is 4. The lowest BCUT2D eigenvalue weighted by Crippen LogP contribution is -2.32. The number of methoxy groups -OCH3 is 1. The first kappa shape index (κ1) is 21.1. The van der Waals surface area contributed by atoms with Crippen LogP contribution in [0.1, 0.15) is 22.8 Å². The van der Waals surface area contributed by atoms with Crippen molar-refractivity contribution in [2.24, 2.45) is 0 Å². The maximum atomic E-state index is 12.7. The van der Waals surface area contributed by atoms with Crippen molar-refractivity contribution in [2.75, 3.05) is 33.4 Å². The highest BCUT2D eigenvalue weighted by Gasteiger charge is 2.17. The molecule has 0 aromatic heterocycles. The van der Waals surface area contributed by atoms with Crippen LogP contribution in [0.5, 0.6) is 0 Å². The molecule has 0 unspecified atom stereocenters. The van der Waals surface area contributed by atoms with Crippen LogP contribution in [0.25, 0.3) is 0 Å². The molecule has 0 radical (unpaired) electrons. The van der Waals surface area contributed by atoms with Gasteiger partial charge in [-0.05, 0) is 43.2 Å². The number of benzene rings is 2. The molecule has 6 nitrogen and oxygen atoms in total. The zero-order valence-electron chi connectivity index (χ0n) is 15.7. The zero-order chi connectivity index (χ0) is 19.7. The second-order valence-electron chi connectivity index (χ2n) is 6.04. The summed E-state index contributed by atoms with van der Waals surface area (Å²) in [7, 11) is -2.10. The Balaban J connectivity index is 2.02. The Kier molecular flexibility index (Phi) is 7.97. The topological polar surface area (TPSA) is 75.7 Å². The summed E-state index contributed by atoms with van der Waals surface area (Å²) < 4.78 is 31.6. The first-order chi connectivity index (χ1) is 13.0. The number of nitrogens with zero attached hydrogens (tertiary/aromatic N) is 1. The van der Waals surface area contributed by atoms with E-state index in [2.05, 4.69) is 4.72 Å². The molecular weight excluding hydrogens is 364 g/mol. The molecule has 1 amide bonds. The van der Waals surface area contributed by atoms with E-state index in [9.17, 15) is 13.2 Å². The maximum absolute atomic E-state index is 12.7. The van der Waals surface area contributed by atoms with Crippen molar-refractivity contribution in [3.63, 3.8) is 0 Å².